The Bertz CT molecular complexity index is 279. The van der Waals surface area contributed by atoms with Crippen LogP contribution in [0.4, 0.5) is 0 Å². The Hall–Kier alpha value is -1.17. The molecule has 5 nitrogen and oxygen atoms in total. The lowest BCUT2D eigenvalue weighted by Crippen LogP contribution is -2.43. The van der Waals surface area contributed by atoms with E-state index in [1.807, 2.05) is 13.8 Å². The Morgan fingerprint density at radius 3 is 2.38 bits per heavy atom. The summed E-state index contributed by atoms with van der Waals surface area (Å²) in [4.78, 5) is 22.8. The molecule has 0 heterocycles. The first-order valence-electron chi connectivity index (χ1n) is 5.02. The summed E-state index contributed by atoms with van der Waals surface area (Å²) in [6, 6.07) is -0.633. The summed E-state index contributed by atoms with van der Waals surface area (Å²) < 4.78 is 4.60. The summed E-state index contributed by atoms with van der Waals surface area (Å²) in [6.07, 6.45) is 0.469. The predicted molar refractivity (Wildman–Crippen MR) is 64.8 cm³/mol. The van der Waals surface area contributed by atoms with Crippen molar-refractivity contribution < 1.29 is 14.3 Å². The monoisotopic (exact) mass is 246 g/mol. The number of esters is 1. The maximum atomic E-state index is 11.4. The molecule has 0 saturated heterocycles. The lowest BCUT2D eigenvalue weighted by atomic mass is 10.0. The fraction of sp³-hybridized carbons (Fsp3) is 0.700. The van der Waals surface area contributed by atoms with Crippen LogP contribution in [0.2, 0.25) is 0 Å². The molecule has 0 fully saturated rings. The molecular weight excluding hydrogens is 228 g/mol. The lowest BCUT2D eigenvalue weighted by Gasteiger charge is -2.18. The molecule has 1 unspecified atom stereocenters. The number of amides is 1. The van der Waals surface area contributed by atoms with Crippen molar-refractivity contribution in [2.75, 3.05) is 7.11 Å². The van der Waals surface area contributed by atoms with Crippen molar-refractivity contribution >= 4 is 29.1 Å². The number of hydrogen-bond acceptors (Lipinski definition) is 4. The Labute approximate surface area is 101 Å². The zero-order chi connectivity index (χ0) is 12.7. The summed E-state index contributed by atoms with van der Waals surface area (Å²) in [5.74, 6) is -0.539. The van der Waals surface area contributed by atoms with Crippen LogP contribution >= 0.6 is 12.2 Å². The zero-order valence-electron chi connectivity index (χ0n) is 9.78. The molecule has 92 valence electrons. The third-order valence-electron chi connectivity index (χ3n) is 1.86. The third-order valence-corrected chi connectivity index (χ3v) is 2.01. The standard InChI is InChI=1S/C10H18N2O3S/c1-6(2)4-7(10(14)15-3)12-9(13)5-8(11)16/h6-7H,4-5H2,1-3H3,(H2,11,16)(H,12,13). The first-order chi connectivity index (χ1) is 7.36. The average Bonchev–Trinajstić information content (AvgIpc) is 2.13. The van der Waals surface area contributed by atoms with Gasteiger partial charge in [0.05, 0.1) is 18.5 Å². The minimum atomic E-state index is -0.633. The van der Waals surface area contributed by atoms with Crippen LogP contribution < -0.4 is 11.1 Å². The number of nitrogens with one attached hydrogen (secondary N) is 1. The Morgan fingerprint density at radius 2 is 2.00 bits per heavy atom. The lowest BCUT2D eigenvalue weighted by molar-refractivity contribution is -0.145. The van der Waals surface area contributed by atoms with Crippen molar-refractivity contribution in [1.82, 2.24) is 5.32 Å². The minimum Gasteiger partial charge on any atom is -0.467 e. The third kappa shape index (κ3) is 6.34. The van der Waals surface area contributed by atoms with Crippen molar-refractivity contribution in [2.45, 2.75) is 32.7 Å². The van der Waals surface area contributed by atoms with Crippen LogP contribution in [0.5, 0.6) is 0 Å². The Kier molecular flexibility index (Phi) is 6.64. The molecule has 6 heteroatoms. The van der Waals surface area contributed by atoms with E-state index in [2.05, 4.69) is 22.3 Å². The van der Waals surface area contributed by atoms with E-state index in [-0.39, 0.29) is 23.2 Å². The summed E-state index contributed by atoms with van der Waals surface area (Å²) in [6.45, 7) is 3.91. The number of nitrogens with two attached hydrogens (primary N) is 1. The van der Waals surface area contributed by atoms with Gasteiger partial charge in [-0.1, -0.05) is 26.1 Å². The van der Waals surface area contributed by atoms with Gasteiger partial charge in [0.25, 0.3) is 0 Å². The van der Waals surface area contributed by atoms with Gasteiger partial charge in [0.2, 0.25) is 5.91 Å². The smallest absolute Gasteiger partial charge is 0.328 e. The second-order valence-corrected chi connectivity index (χ2v) is 4.44. The quantitative estimate of drug-likeness (QED) is 0.522. The molecule has 0 bridgehead atoms. The van der Waals surface area contributed by atoms with Gasteiger partial charge in [-0.2, -0.15) is 0 Å². The van der Waals surface area contributed by atoms with Crippen LogP contribution in [0.3, 0.4) is 0 Å². The van der Waals surface area contributed by atoms with E-state index in [0.717, 1.165) is 0 Å². The van der Waals surface area contributed by atoms with Crippen LogP contribution in [-0.2, 0) is 14.3 Å². The molecule has 0 saturated carbocycles. The predicted octanol–water partition coefficient (Wildman–Crippen LogP) is 0.367. The highest BCUT2D eigenvalue weighted by Gasteiger charge is 2.22. The van der Waals surface area contributed by atoms with Gasteiger partial charge < -0.3 is 15.8 Å². The zero-order valence-corrected chi connectivity index (χ0v) is 10.6. The number of carbonyl (C=O) groups excluding carboxylic acids is 2. The SMILES string of the molecule is COC(=O)C(CC(C)C)NC(=O)CC(N)=S. The molecule has 0 aromatic heterocycles. The highest BCUT2D eigenvalue weighted by atomic mass is 32.1. The molecule has 3 N–H and O–H groups in total. The molecule has 0 aliphatic heterocycles. The van der Waals surface area contributed by atoms with E-state index in [0.29, 0.717) is 6.42 Å². The number of hydrogen-bond donors (Lipinski definition) is 2. The van der Waals surface area contributed by atoms with Crippen molar-refractivity contribution in [3.8, 4) is 0 Å². The normalized spacial score (nSPS) is 12.0. The first-order valence-corrected chi connectivity index (χ1v) is 5.43. The van der Waals surface area contributed by atoms with Gasteiger partial charge in [0.15, 0.2) is 0 Å². The van der Waals surface area contributed by atoms with Gasteiger partial charge in [-0.3, -0.25) is 4.79 Å². The molecule has 1 amide bonds. The van der Waals surface area contributed by atoms with Gasteiger partial charge in [-0.15, -0.1) is 0 Å². The highest BCUT2D eigenvalue weighted by Crippen LogP contribution is 2.06. The van der Waals surface area contributed by atoms with Gasteiger partial charge in [0.1, 0.15) is 6.04 Å². The molecule has 0 aromatic carbocycles. The second-order valence-electron chi connectivity index (χ2n) is 3.92. The molecule has 0 rings (SSSR count). The summed E-state index contributed by atoms with van der Waals surface area (Å²) in [5.41, 5.74) is 5.23. The molecule has 1 atom stereocenters. The van der Waals surface area contributed by atoms with Gasteiger partial charge in [-0.05, 0) is 12.3 Å². The van der Waals surface area contributed by atoms with Crippen LogP contribution in [0.25, 0.3) is 0 Å². The first kappa shape index (κ1) is 14.8. The van der Waals surface area contributed by atoms with E-state index in [1.165, 1.54) is 7.11 Å². The topological polar surface area (TPSA) is 81.4 Å². The molecule has 0 aromatic rings. The average molecular weight is 246 g/mol. The minimum absolute atomic E-state index is 0.0546. The second kappa shape index (κ2) is 7.16. The van der Waals surface area contributed by atoms with Crippen LogP contribution in [0, 0.1) is 5.92 Å². The molecular formula is C10H18N2O3S. The Balaban J connectivity index is 4.36. The van der Waals surface area contributed by atoms with Gasteiger partial charge in [-0.25, -0.2) is 4.79 Å². The van der Waals surface area contributed by atoms with E-state index < -0.39 is 12.0 Å². The van der Waals surface area contributed by atoms with Crippen molar-refractivity contribution in [1.29, 1.82) is 0 Å². The van der Waals surface area contributed by atoms with E-state index in [9.17, 15) is 9.59 Å². The largest absolute Gasteiger partial charge is 0.467 e. The summed E-state index contributed by atoms with van der Waals surface area (Å²) >= 11 is 4.61. The highest BCUT2D eigenvalue weighted by molar-refractivity contribution is 7.80. The van der Waals surface area contributed by atoms with E-state index in [1.54, 1.807) is 0 Å². The number of carbonyl (C=O) groups is 2. The van der Waals surface area contributed by atoms with Crippen molar-refractivity contribution in [2.24, 2.45) is 11.7 Å². The molecule has 0 radical (unpaired) electrons. The van der Waals surface area contributed by atoms with Crippen LogP contribution in [0.15, 0.2) is 0 Å². The van der Waals surface area contributed by atoms with Crippen LogP contribution in [-0.4, -0.2) is 30.0 Å². The maximum absolute atomic E-state index is 11.4. The van der Waals surface area contributed by atoms with Gasteiger partial charge >= 0.3 is 5.97 Å². The molecule has 0 aliphatic rings. The maximum Gasteiger partial charge on any atom is 0.328 e. The number of rotatable bonds is 6. The van der Waals surface area contributed by atoms with Crippen molar-refractivity contribution in [3.63, 3.8) is 0 Å². The molecule has 16 heavy (non-hydrogen) atoms. The number of methoxy groups -OCH3 is 1. The van der Waals surface area contributed by atoms with E-state index >= 15 is 0 Å². The summed E-state index contributed by atoms with van der Waals surface area (Å²) in [7, 11) is 1.29. The fourth-order valence-corrected chi connectivity index (χ4v) is 1.36. The number of thiocarbonyl (C=S) groups is 1. The van der Waals surface area contributed by atoms with Gasteiger partial charge in [0, 0.05) is 0 Å². The summed E-state index contributed by atoms with van der Waals surface area (Å²) in [5, 5.41) is 2.55. The molecule has 0 aliphatic carbocycles. The number of ether oxygens (including phenoxy) is 1. The molecule has 0 spiro atoms. The Morgan fingerprint density at radius 1 is 1.44 bits per heavy atom. The van der Waals surface area contributed by atoms with Crippen molar-refractivity contribution in [3.05, 3.63) is 0 Å². The van der Waals surface area contributed by atoms with Crippen LogP contribution in [0.1, 0.15) is 26.7 Å². The fourth-order valence-electron chi connectivity index (χ4n) is 1.23. The van der Waals surface area contributed by atoms with E-state index in [4.69, 9.17) is 5.73 Å².